The first kappa shape index (κ1) is 72.1. The lowest BCUT2D eigenvalue weighted by molar-refractivity contribution is -0.147. The van der Waals surface area contributed by atoms with Gasteiger partial charge in [-0.25, -0.2) is 4.79 Å². The number of aliphatic carboxylic acids is 3. The third-order valence-electron chi connectivity index (χ3n) is 14.9. The fourth-order valence-electron chi connectivity index (χ4n) is 10.2. The minimum Gasteiger partial charge on any atom is -0.481 e. The molecule has 12 atom stereocenters. The minimum atomic E-state index is -1.77. The summed E-state index contributed by atoms with van der Waals surface area (Å²) in [5, 5.41) is 48.2. The van der Waals surface area contributed by atoms with E-state index in [1.54, 1.807) is 41.5 Å². The van der Waals surface area contributed by atoms with Crippen molar-refractivity contribution in [2.45, 2.75) is 205 Å². The summed E-state index contributed by atoms with van der Waals surface area (Å²) in [6.07, 6.45) is 0.401. The van der Waals surface area contributed by atoms with E-state index < -0.39 is 180 Å². The van der Waals surface area contributed by atoms with Crippen LogP contribution in [-0.2, 0) is 67.1 Å². The Labute approximate surface area is 498 Å². The molecule has 3 aliphatic heterocycles. The quantitative estimate of drug-likeness (QED) is 0.0172. The van der Waals surface area contributed by atoms with Gasteiger partial charge in [0.25, 0.3) is 0 Å². The van der Waals surface area contributed by atoms with Crippen LogP contribution in [0.15, 0.2) is 4.99 Å². The Hall–Kier alpha value is -8.19. The SMILES string of the molecule is CC(C)C[C@H](NC(=O)[C@@H]1CCCN1C(=O)[C@@H](NC(=O)[C@@H](NC(=O)[C@@H]1CCCN1C(=O)[C@H](C)NC(=O)[C@H](C)NC(=O)[C@@H]1CCCN1C(=O)[C@H](C)NC(=O)[C@H](CC(=O)O)NC(=O)[C@@H](N)CCCN=C(N)N)C(C)C)C(C)C)C(=O)N[C@@H](CC(=O)O)C(=O)O. The summed E-state index contributed by atoms with van der Waals surface area (Å²) in [5.74, 6) is -14.3. The molecule has 0 aromatic heterocycles. The molecule has 32 nitrogen and oxygen atoms in total. The van der Waals surface area contributed by atoms with Gasteiger partial charge in [-0.1, -0.05) is 41.5 Å². The highest BCUT2D eigenvalue weighted by Crippen LogP contribution is 2.24. The van der Waals surface area contributed by atoms with Crippen LogP contribution < -0.4 is 59.7 Å². The van der Waals surface area contributed by atoms with Crippen molar-refractivity contribution >= 4 is 88.8 Å². The predicted molar refractivity (Wildman–Crippen MR) is 306 cm³/mol. The number of nitrogens with one attached hydrogen (secondary N) is 8. The Bertz CT molecular complexity index is 2540. The first-order valence-electron chi connectivity index (χ1n) is 29.0. The van der Waals surface area contributed by atoms with E-state index in [0.29, 0.717) is 25.7 Å². The monoisotopic (exact) mass is 1220 g/mol. The third kappa shape index (κ3) is 21.4. The molecule has 0 unspecified atom stereocenters. The number of likely N-dealkylation sites (tertiary alicyclic amines) is 3. The van der Waals surface area contributed by atoms with Gasteiger partial charge in [-0.15, -0.1) is 0 Å². The summed E-state index contributed by atoms with van der Waals surface area (Å²) < 4.78 is 0. The van der Waals surface area contributed by atoms with E-state index in [1.165, 1.54) is 35.5 Å². The van der Waals surface area contributed by atoms with Crippen LogP contribution in [0, 0.1) is 17.8 Å². The van der Waals surface area contributed by atoms with Crippen LogP contribution >= 0.6 is 0 Å². The van der Waals surface area contributed by atoms with Gasteiger partial charge in [0.1, 0.15) is 66.5 Å². The Morgan fingerprint density at radius 2 is 0.907 bits per heavy atom. The largest absolute Gasteiger partial charge is 0.481 e. The molecule has 0 bridgehead atoms. The van der Waals surface area contributed by atoms with E-state index in [9.17, 15) is 77.3 Å². The van der Waals surface area contributed by atoms with Crippen LogP contribution in [-0.4, -0.2) is 218 Å². The number of carboxylic acids is 3. The maximum atomic E-state index is 14.3. The third-order valence-corrected chi connectivity index (χ3v) is 14.9. The van der Waals surface area contributed by atoms with Gasteiger partial charge in [0.15, 0.2) is 5.96 Å². The molecule has 3 saturated heterocycles. The van der Waals surface area contributed by atoms with Gasteiger partial charge in [0, 0.05) is 26.2 Å². The van der Waals surface area contributed by atoms with Crippen molar-refractivity contribution < 1.29 is 82.4 Å². The summed E-state index contributed by atoms with van der Waals surface area (Å²) in [6, 6.07) is -15.3. The van der Waals surface area contributed by atoms with Crippen LogP contribution in [0.3, 0.4) is 0 Å². The van der Waals surface area contributed by atoms with Gasteiger partial charge < -0.3 is 89.8 Å². The van der Waals surface area contributed by atoms with Crippen LogP contribution in [0.25, 0.3) is 0 Å². The van der Waals surface area contributed by atoms with Crippen LogP contribution in [0.5, 0.6) is 0 Å². The summed E-state index contributed by atoms with van der Waals surface area (Å²) >= 11 is 0. The van der Waals surface area contributed by atoms with Crippen molar-refractivity contribution in [3.63, 3.8) is 0 Å². The maximum Gasteiger partial charge on any atom is 0.326 e. The van der Waals surface area contributed by atoms with Crippen molar-refractivity contribution in [3.8, 4) is 0 Å². The lowest BCUT2D eigenvalue weighted by Crippen LogP contribution is -2.61. The van der Waals surface area contributed by atoms with E-state index in [-0.39, 0.29) is 70.2 Å². The second-order valence-corrected chi connectivity index (χ2v) is 23.1. The van der Waals surface area contributed by atoms with Crippen LogP contribution in [0.2, 0.25) is 0 Å². The average Bonchev–Trinajstić information content (AvgIpc) is 2.27. The molecule has 0 aromatic rings. The van der Waals surface area contributed by atoms with Crippen molar-refractivity contribution in [1.82, 2.24) is 57.2 Å². The smallest absolute Gasteiger partial charge is 0.326 e. The lowest BCUT2D eigenvalue weighted by Gasteiger charge is -2.33. The van der Waals surface area contributed by atoms with E-state index in [1.807, 2.05) is 0 Å². The zero-order valence-corrected chi connectivity index (χ0v) is 50.3. The van der Waals surface area contributed by atoms with Gasteiger partial charge in [-0.3, -0.25) is 67.3 Å². The molecule has 0 aromatic carbocycles. The second kappa shape index (κ2) is 33.5. The predicted octanol–water partition coefficient (Wildman–Crippen LogP) is -4.33. The van der Waals surface area contributed by atoms with E-state index >= 15 is 0 Å². The number of carbonyl (C=O) groups excluding carboxylic acids is 11. The Balaban J connectivity index is 1.62. The number of rotatable bonds is 32. The number of nitrogens with zero attached hydrogens (tertiary/aromatic N) is 4. The van der Waals surface area contributed by atoms with Gasteiger partial charge in [0.2, 0.25) is 65.0 Å². The van der Waals surface area contributed by atoms with Gasteiger partial charge >= 0.3 is 17.9 Å². The molecule has 3 rings (SSSR count). The first-order valence-corrected chi connectivity index (χ1v) is 29.0. The fraction of sp³-hybridized carbons (Fsp3) is 0.722. The summed E-state index contributed by atoms with van der Waals surface area (Å²) in [5.41, 5.74) is 16.5. The first-order chi connectivity index (χ1) is 40.2. The summed E-state index contributed by atoms with van der Waals surface area (Å²) in [7, 11) is 0. The fourth-order valence-corrected chi connectivity index (χ4v) is 10.2. The van der Waals surface area contributed by atoms with E-state index in [0.717, 1.165) is 0 Å². The molecule has 86 heavy (non-hydrogen) atoms. The Morgan fingerprint density at radius 1 is 0.477 bits per heavy atom. The molecule has 17 N–H and O–H groups in total. The lowest BCUT2D eigenvalue weighted by atomic mass is 9.98. The van der Waals surface area contributed by atoms with Gasteiger partial charge in [0.05, 0.1) is 18.9 Å². The normalized spacial score (nSPS) is 19.7. The highest BCUT2D eigenvalue weighted by atomic mass is 16.4. The number of aliphatic imine (C=N–C) groups is 1. The minimum absolute atomic E-state index is 0.0497. The number of hydrogen-bond donors (Lipinski definition) is 14. The summed E-state index contributed by atoms with van der Waals surface area (Å²) in [6.45, 7) is 14.7. The number of carbonyl (C=O) groups is 14. The van der Waals surface area contributed by atoms with Crippen LogP contribution in [0.1, 0.15) is 133 Å². The number of hydrogen-bond acceptors (Lipinski definition) is 16. The van der Waals surface area contributed by atoms with Crippen LogP contribution in [0.4, 0.5) is 0 Å². The standard InChI is InChI=1S/C54H89N15O17/c1-25(2)22-32(45(77)64-34(53(85)86)24-39(72)73)63-47(79)36-16-13-21-69(36)52(84)41(27(5)6)66-49(81)40(26(3)4)65-48(80)37-17-12-20-68(37)50(82)29(8)60-42(74)28(7)59-46(78)35-15-11-19-67(35)51(83)30(9)61-44(76)33(23-38(70)71)62-43(75)31(55)14-10-18-58-54(56)57/h25-37,40-41H,10-24,55H2,1-9H3,(H,59,78)(H,60,74)(H,61,76)(H,62,75)(H,63,79)(H,64,77)(H,65,80)(H,66,81)(H,70,71)(H,72,73)(H,85,86)(H4,56,57,58)/t28-,29-,30-,31-,32-,33-,34-,35-,36-,37-,40-,41-/m0/s1. The zero-order chi connectivity index (χ0) is 65.0. The van der Waals surface area contributed by atoms with Crippen molar-refractivity contribution in [2.75, 3.05) is 26.2 Å². The molecule has 0 radical (unpaired) electrons. The number of guanidine groups is 1. The molecule has 0 spiro atoms. The molecule has 0 aliphatic carbocycles. The Kier molecular flexibility index (Phi) is 28.1. The van der Waals surface area contributed by atoms with E-state index in [4.69, 9.17) is 22.3 Å². The summed E-state index contributed by atoms with van der Waals surface area (Å²) in [4.78, 5) is 192. The molecule has 3 fully saturated rings. The molecule has 11 amide bonds. The van der Waals surface area contributed by atoms with Crippen molar-refractivity contribution in [1.29, 1.82) is 0 Å². The van der Waals surface area contributed by atoms with Crippen molar-refractivity contribution in [2.24, 2.45) is 39.9 Å². The highest BCUT2D eigenvalue weighted by molar-refractivity contribution is 6.00. The van der Waals surface area contributed by atoms with Gasteiger partial charge in [-0.2, -0.15) is 0 Å². The highest BCUT2D eigenvalue weighted by Gasteiger charge is 2.44. The molecule has 32 heteroatoms. The number of amides is 11. The van der Waals surface area contributed by atoms with E-state index in [2.05, 4.69) is 47.5 Å². The topological polar surface area (TPSA) is 496 Å². The number of nitrogens with two attached hydrogens (primary N) is 3. The van der Waals surface area contributed by atoms with Crippen molar-refractivity contribution in [3.05, 3.63) is 0 Å². The Morgan fingerprint density at radius 3 is 1.36 bits per heavy atom. The molecule has 3 heterocycles. The molecular weight excluding hydrogens is 1130 g/mol. The molecule has 482 valence electrons. The zero-order valence-electron chi connectivity index (χ0n) is 50.3. The average molecular weight is 1220 g/mol. The number of carboxylic acid groups (broad SMARTS) is 3. The second-order valence-electron chi connectivity index (χ2n) is 23.1. The molecular formula is C54H89N15O17. The molecule has 3 aliphatic rings. The van der Waals surface area contributed by atoms with Gasteiger partial charge in [-0.05, 0) is 96.3 Å². The molecule has 0 saturated carbocycles. The maximum absolute atomic E-state index is 14.3.